The first kappa shape index (κ1) is 25.1. The minimum Gasteiger partial charge on any atom is -0.481 e. The fourth-order valence-electron chi connectivity index (χ4n) is 4.76. The Balaban J connectivity index is 1.54. The largest absolute Gasteiger partial charge is 0.481 e. The Labute approximate surface area is 207 Å². The molecule has 35 heavy (non-hydrogen) atoms. The zero-order chi connectivity index (χ0) is 25.2. The molecule has 0 amide bonds. The smallest absolute Gasteiger partial charge is 0.310 e. The first-order valence-corrected chi connectivity index (χ1v) is 11.9. The molecule has 0 saturated carbocycles. The van der Waals surface area contributed by atoms with E-state index < -0.39 is 23.0 Å². The zero-order valence-corrected chi connectivity index (χ0v) is 20.4. The minimum absolute atomic E-state index is 0.0425. The van der Waals surface area contributed by atoms with Crippen LogP contribution in [-0.2, 0) is 17.8 Å². The number of nitrogens with one attached hydrogen (secondary N) is 2. The number of likely N-dealkylation sites (tertiary alicyclic amines) is 1. The number of hydrogen-bond acceptors (Lipinski definition) is 5. The molecule has 1 unspecified atom stereocenters. The maximum Gasteiger partial charge on any atom is 0.310 e. The van der Waals surface area contributed by atoms with Gasteiger partial charge < -0.3 is 10.4 Å². The Bertz CT molecular complexity index is 1220. The highest BCUT2D eigenvalue weighted by Crippen LogP contribution is 2.40. The lowest BCUT2D eigenvalue weighted by Gasteiger charge is -2.44. The lowest BCUT2D eigenvalue weighted by molar-refractivity contribution is -0.154. The van der Waals surface area contributed by atoms with E-state index in [0.29, 0.717) is 49.6 Å². The van der Waals surface area contributed by atoms with E-state index in [2.05, 4.69) is 25.4 Å². The average molecular weight is 504 g/mol. The molecule has 0 spiro atoms. The van der Waals surface area contributed by atoms with Crippen LogP contribution in [0.5, 0.6) is 0 Å². The van der Waals surface area contributed by atoms with E-state index in [1.54, 1.807) is 18.2 Å². The molecule has 3 N–H and O–H groups in total. The highest BCUT2D eigenvalue weighted by molar-refractivity contribution is 6.30. The van der Waals surface area contributed by atoms with Crippen molar-refractivity contribution in [2.45, 2.75) is 52.1 Å². The van der Waals surface area contributed by atoms with Crippen molar-refractivity contribution in [1.29, 1.82) is 0 Å². The van der Waals surface area contributed by atoms with E-state index in [4.69, 9.17) is 11.6 Å². The Morgan fingerprint density at radius 3 is 2.80 bits per heavy atom. The number of anilines is 2. The number of halogens is 3. The molecule has 0 aliphatic carbocycles. The summed E-state index contributed by atoms with van der Waals surface area (Å²) < 4.78 is 29.2. The number of carboxylic acids is 1. The molecule has 1 aromatic carbocycles. The van der Waals surface area contributed by atoms with Gasteiger partial charge in [0, 0.05) is 36.3 Å². The van der Waals surface area contributed by atoms with Crippen molar-refractivity contribution in [1.82, 2.24) is 20.1 Å². The van der Waals surface area contributed by atoms with Crippen molar-refractivity contribution in [3.05, 3.63) is 70.0 Å². The number of aryl methyl sites for hydroxylation is 1. The van der Waals surface area contributed by atoms with Gasteiger partial charge in [-0.1, -0.05) is 30.7 Å². The maximum atomic E-state index is 14.8. The molecule has 4 rings (SSSR count). The fourth-order valence-corrected chi connectivity index (χ4v) is 4.96. The number of H-pyrrole nitrogens is 1. The van der Waals surface area contributed by atoms with Crippen molar-refractivity contribution in [2.75, 3.05) is 11.9 Å². The van der Waals surface area contributed by atoms with Gasteiger partial charge in [-0.15, -0.1) is 0 Å². The molecular formula is C25H28ClF2N5O2. The van der Waals surface area contributed by atoms with Crippen molar-refractivity contribution in [3.8, 4) is 0 Å². The third-order valence-corrected chi connectivity index (χ3v) is 7.03. The first-order valence-electron chi connectivity index (χ1n) is 11.6. The van der Waals surface area contributed by atoms with Gasteiger partial charge in [-0.3, -0.25) is 14.8 Å². The summed E-state index contributed by atoms with van der Waals surface area (Å²) in [6, 6.07) is 9.34. The van der Waals surface area contributed by atoms with Crippen molar-refractivity contribution in [2.24, 2.45) is 5.41 Å². The molecule has 1 fully saturated rings. The van der Waals surface area contributed by atoms with Crippen LogP contribution in [-0.4, -0.2) is 43.7 Å². The summed E-state index contributed by atoms with van der Waals surface area (Å²) in [5.41, 5.74) is 0.238. The number of aliphatic carboxylic acids is 1. The maximum absolute atomic E-state index is 14.8. The monoisotopic (exact) mass is 503 g/mol. The fraction of sp³-hybridized carbons (Fsp3) is 0.400. The average Bonchev–Trinajstić information content (AvgIpc) is 3.24. The Hall–Kier alpha value is -3.04. The second-order valence-corrected chi connectivity index (χ2v) is 9.56. The van der Waals surface area contributed by atoms with Crippen LogP contribution in [0.2, 0.25) is 5.02 Å². The Morgan fingerprint density at radius 1 is 1.31 bits per heavy atom. The van der Waals surface area contributed by atoms with E-state index in [1.807, 2.05) is 13.8 Å². The van der Waals surface area contributed by atoms with Gasteiger partial charge in [0.15, 0.2) is 5.82 Å². The summed E-state index contributed by atoms with van der Waals surface area (Å²) in [4.78, 5) is 19.0. The summed E-state index contributed by atoms with van der Waals surface area (Å²) in [6.45, 7) is 4.59. The Morgan fingerprint density at radius 2 is 2.11 bits per heavy atom. The number of hydrogen-bond donors (Lipinski definition) is 3. The number of aromatic nitrogens is 3. The number of rotatable bonds is 8. The minimum atomic E-state index is -1.18. The SMILES string of the molecule is CC[C@@H]1CC(Cc2nc(Nc3cc(C)[nH]n3)ccc2F)(C(=O)O)CCN1Cc1cccc(Cl)c1F. The van der Waals surface area contributed by atoms with E-state index in [0.717, 1.165) is 5.69 Å². The van der Waals surface area contributed by atoms with Gasteiger partial charge >= 0.3 is 5.97 Å². The zero-order valence-electron chi connectivity index (χ0n) is 19.6. The molecule has 0 bridgehead atoms. The van der Waals surface area contributed by atoms with E-state index >= 15 is 0 Å². The van der Waals surface area contributed by atoms with Gasteiger partial charge in [0.25, 0.3) is 0 Å². The Kier molecular flexibility index (Phi) is 7.37. The number of carboxylic acid groups (broad SMARTS) is 1. The molecule has 10 heteroatoms. The van der Waals surface area contributed by atoms with Gasteiger partial charge in [-0.05, 0) is 50.9 Å². The summed E-state index contributed by atoms with van der Waals surface area (Å²) >= 11 is 5.93. The number of pyridine rings is 1. The van der Waals surface area contributed by atoms with Crippen LogP contribution in [0.15, 0.2) is 36.4 Å². The van der Waals surface area contributed by atoms with Crippen molar-refractivity contribution in [3.63, 3.8) is 0 Å². The van der Waals surface area contributed by atoms with Crippen LogP contribution in [0.1, 0.15) is 43.1 Å². The summed E-state index contributed by atoms with van der Waals surface area (Å²) in [6.07, 6.45) is 1.23. The highest BCUT2D eigenvalue weighted by atomic mass is 35.5. The van der Waals surface area contributed by atoms with Crippen LogP contribution in [0, 0.1) is 24.0 Å². The van der Waals surface area contributed by atoms with Crippen molar-refractivity contribution < 1.29 is 18.7 Å². The molecule has 3 heterocycles. The van der Waals surface area contributed by atoms with Gasteiger partial charge in [0.1, 0.15) is 17.5 Å². The quantitative estimate of drug-likeness (QED) is 0.377. The standard InChI is InChI=1S/C25H28ClF2N5O2/c1-3-17-12-25(24(34)35,9-10-33(17)14-16-5-4-6-18(26)23(16)28)13-20-19(27)7-8-21(29-20)30-22-11-15(2)31-32-22/h4-8,11,17H,3,9-10,12-14H2,1-2H3,(H,34,35)(H2,29,30,31,32)/t17-,25?/m1/s1. The normalized spacial score (nSPS) is 20.7. The number of aromatic amines is 1. The van der Waals surface area contributed by atoms with E-state index in [1.165, 1.54) is 18.2 Å². The van der Waals surface area contributed by atoms with Crippen LogP contribution in [0.25, 0.3) is 0 Å². The number of carbonyl (C=O) groups is 1. The molecule has 0 radical (unpaired) electrons. The molecule has 7 nitrogen and oxygen atoms in total. The lowest BCUT2D eigenvalue weighted by atomic mass is 9.71. The summed E-state index contributed by atoms with van der Waals surface area (Å²) in [7, 11) is 0. The highest BCUT2D eigenvalue weighted by Gasteiger charge is 2.46. The summed E-state index contributed by atoms with van der Waals surface area (Å²) in [5.74, 6) is -1.07. The van der Waals surface area contributed by atoms with Gasteiger partial charge in [0.2, 0.25) is 0 Å². The molecule has 186 valence electrons. The van der Waals surface area contributed by atoms with Gasteiger partial charge in [-0.2, -0.15) is 5.10 Å². The van der Waals surface area contributed by atoms with Crippen LogP contribution < -0.4 is 5.32 Å². The third kappa shape index (κ3) is 5.46. The predicted molar refractivity (Wildman–Crippen MR) is 130 cm³/mol. The number of piperidine rings is 1. The topological polar surface area (TPSA) is 94.1 Å². The predicted octanol–water partition coefficient (Wildman–Crippen LogP) is 5.48. The van der Waals surface area contributed by atoms with Gasteiger partial charge in [-0.25, -0.2) is 13.8 Å². The first-order chi connectivity index (χ1) is 16.7. The molecule has 3 aromatic rings. The molecular weight excluding hydrogens is 476 g/mol. The second-order valence-electron chi connectivity index (χ2n) is 9.15. The molecule has 1 saturated heterocycles. The van der Waals surface area contributed by atoms with Gasteiger partial charge in [0.05, 0.1) is 16.1 Å². The molecule has 1 aliphatic rings. The molecule has 2 aromatic heterocycles. The van der Waals surface area contributed by atoms with Crippen LogP contribution in [0.3, 0.4) is 0 Å². The van der Waals surface area contributed by atoms with E-state index in [-0.39, 0.29) is 23.2 Å². The van der Waals surface area contributed by atoms with E-state index in [9.17, 15) is 18.7 Å². The van der Waals surface area contributed by atoms with Crippen LogP contribution in [0.4, 0.5) is 20.4 Å². The molecule has 2 atom stereocenters. The lowest BCUT2D eigenvalue weighted by Crippen LogP contribution is -2.50. The van der Waals surface area contributed by atoms with Crippen molar-refractivity contribution >= 4 is 29.2 Å². The summed E-state index contributed by atoms with van der Waals surface area (Å²) in [5, 5.41) is 20.2. The molecule has 1 aliphatic heterocycles. The third-order valence-electron chi connectivity index (χ3n) is 6.74. The van der Waals surface area contributed by atoms with Crippen LogP contribution >= 0.6 is 11.6 Å². The second kappa shape index (κ2) is 10.3. The number of benzene rings is 1. The number of nitrogens with zero attached hydrogens (tertiary/aromatic N) is 3.